The highest BCUT2D eigenvalue weighted by molar-refractivity contribution is 5.86. The van der Waals surface area contributed by atoms with Gasteiger partial charge in [0.1, 0.15) is 6.04 Å². The Balaban J connectivity index is 4.09. The third-order valence-corrected chi connectivity index (χ3v) is 1.57. The summed E-state index contributed by atoms with van der Waals surface area (Å²) in [5.41, 5.74) is 5.33. The first-order valence-corrected chi connectivity index (χ1v) is 3.92. The van der Waals surface area contributed by atoms with E-state index in [-0.39, 0.29) is 0 Å². The number of nitrogens with two attached hydrogens (primary N) is 1. The van der Waals surface area contributed by atoms with Gasteiger partial charge in [0.2, 0.25) is 5.91 Å². The number of carboxylic acid groups (broad SMARTS) is 1. The summed E-state index contributed by atoms with van der Waals surface area (Å²) in [5, 5.41) is 19.1. The molecule has 0 saturated heterocycles. The summed E-state index contributed by atoms with van der Waals surface area (Å²) in [6, 6.07) is -2.00. The summed E-state index contributed by atoms with van der Waals surface area (Å²) in [4.78, 5) is 21.4. The Morgan fingerprint density at radius 2 is 2.08 bits per heavy atom. The smallest absolute Gasteiger partial charge is 0.328 e. The van der Waals surface area contributed by atoms with Crippen LogP contribution in [-0.4, -0.2) is 40.8 Å². The van der Waals surface area contributed by atoms with E-state index in [1.165, 1.54) is 0 Å². The number of carbonyl (C=O) groups is 2. The third kappa shape index (κ3) is 3.86. The van der Waals surface area contributed by atoms with Gasteiger partial charge >= 0.3 is 5.97 Å². The Labute approximate surface area is 75.7 Å². The Morgan fingerprint density at radius 1 is 1.54 bits per heavy atom. The Bertz CT molecular complexity index is 195. The normalized spacial score (nSPS) is 14.7. The van der Waals surface area contributed by atoms with Crippen molar-refractivity contribution in [2.24, 2.45) is 5.73 Å². The van der Waals surface area contributed by atoms with Crippen LogP contribution in [0.2, 0.25) is 0 Å². The number of carboxylic acids is 1. The van der Waals surface area contributed by atoms with Crippen molar-refractivity contribution in [1.29, 1.82) is 0 Å². The van der Waals surface area contributed by atoms with E-state index in [2.05, 4.69) is 5.32 Å². The van der Waals surface area contributed by atoms with E-state index in [4.69, 9.17) is 15.9 Å². The van der Waals surface area contributed by atoms with Crippen LogP contribution >= 0.6 is 0 Å². The SMILES string of the molecule is CCC(N)C(=O)N[C@@H](CO)C(=O)O. The van der Waals surface area contributed by atoms with Crippen molar-refractivity contribution in [3.8, 4) is 0 Å². The molecule has 0 spiro atoms. The Kier molecular flexibility index (Phi) is 5.01. The molecule has 0 aliphatic rings. The maximum atomic E-state index is 11.0. The van der Waals surface area contributed by atoms with Crippen molar-refractivity contribution < 1.29 is 19.8 Å². The molecule has 0 bridgehead atoms. The molecule has 0 aromatic carbocycles. The number of aliphatic hydroxyl groups is 1. The van der Waals surface area contributed by atoms with E-state index in [1.807, 2.05) is 0 Å². The van der Waals surface area contributed by atoms with Crippen LogP contribution in [0.5, 0.6) is 0 Å². The van der Waals surface area contributed by atoms with Gasteiger partial charge in [0.15, 0.2) is 0 Å². The molecule has 1 unspecified atom stereocenters. The molecule has 1 amide bonds. The third-order valence-electron chi connectivity index (χ3n) is 1.57. The number of amides is 1. The number of nitrogens with one attached hydrogen (secondary N) is 1. The van der Waals surface area contributed by atoms with Crippen molar-refractivity contribution in [1.82, 2.24) is 5.32 Å². The first kappa shape index (κ1) is 11.9. The number of rotatable bonds is 5. The monoisotopic (exact) mass is 190 g/mol. The topological polar surface area (TPSA) is 113 Å². The lowest BCUT2D eigenvalue weighted by Crippen LogP contribution is -2.49. The number of hydrogen-bond acceptors (Lipinski definition) is 4. The van der Waals surface area contributed by atoms with E-state index < -0.39 is 30.6 Å². The second kappa shape index (κ2) is 5.50. The second-order valence-corrected chi connectivity index (χ2v) is 2.60. The molecule has 0 aromatic heterocycles. The van der Waals surface area contributed by atoms with Crippen LogP contribution in [0.25, 0.3) is 0 Å². The molecule has 0 aliphatic heterocycles. The summed E-state index contributed by atoms with van der Waals surface area (Å²) >= 11 is 0. The van der Waals surface area contributed by atoms with Crippen molar-refractivity contribution in [3.63, 3.8) is 0 Å². The van der Waals surface area contributed by atoms with Gasteiger partial charge in [-0.25, -0.2) is 4.79 Å². The molecule has 0 heterocycles. The van der Waals surface area contributed by atoms with E-state index in [0.29, 0.717) is 6.42 Å². The molecule has 2 atom stereocenters. The van der Waals surface area contributed by atoms with E-state index >= 15 is 0 Å². The minimum Gasteiger partial charge on any atom is -0.480 e. The predicted molar refractivity (Wildman–Crippen MR) is 44.9 cm³/mol. The zero-order valence-electron chi connectivity index (χ0n) is 7.36. The molecular weight excluding hydrogens is 176 g/mol. The first-order valence-electron chi connectivity index (χ1n) is 3.92. The van der Waals surface area contributed by atoms with Crippen LogP contribution in [0, 0.1) is 0 Å². The van der Waals surface area contributed by atoms with Gasteiger partial charge in [0.05, 0.1) is 12.6 Å². The highest BCUT2D eigenvalue weighted by Gasteiger charge is 2.21. The molecule has 6 heteroatoms. The standard InChI is InChI=1S/C7H14N2O4/c1-2-4(8)6(11)9-5(3-10)7(12)13/h4-5,10H,2-3,8H2,1H3,(H,9,11)(H,12,13)/t4?,5-/m0/s1. The molecule has 0 radical (unpaired) electrons. The lowest BCUT2D eigenvalue weighted by molar-refractivity contribution is -0.143. The van der Waals surface area contributed by atoms with Gasteiger partial charge in [-0.05, 0) is 6.42 Å². The zero-order valence-corrected chi connectivity index (χ0v) is 7.36. The zero-order chi connectivity index (χ0) is 10.4. The minimum absolute atomic E-state index is 0.420. The van der Waals surface area contributed by atoms with Gasteiger partial charge < -0.3 is 21.3 Å². The summed E-state index contributed by atoms with van der Waals surface area (Å²) in [6.45, 7) is 1.07. The molecule has 5 N–H and O–H groups in total. The average molecular weight is 190 g/mol. The molecule has 6 nitrogen and oxygen atoms in total. The van der Waals surface area contributed by atoms with Crippen molar-refractivity contribution in [3.05, 3.63) is 0 Å². The fraction of sp³-hybridized carbons (Fsp3) is 0.714. The van der Waals surface area contributed by atoms with Crippen LogP contribution in [0.1, 0.15) is 13.3 Å². The van der Waals surface area contributed by atoms with E-state index in [0.717, 1.165) is 0 Å². The van der Waals surface area contributed by atoms with Gasteiger partial charge in [-0.15, -0.1) is 0 Å². The molecular formula is C7H14N2O4. The molecule has 13 heavy (non-hydrogen) atoms. The average Bonchev–Trinajstić information content (AvgIpc) is 2.11. The van der Waals surface area contributed by atoms with Crippen molar-refractivity contribution in [2.45, 2.75) is 25.4 Å². The number of hydrogen-bond donors (Lipinski definition) is 4. The van der Waals surface area contributed by atoms with Gasteiger partial charge in [-0.3, -0.25) is 4.79 Å². The molecule has 0 saturated carbocycles. The second-order valence-electron chi connectivity index (χ2n) is 2.60. The Morgan fingerprint density at radius 3 is 2.38 bits per heavy atom. The van der Waals surface area contributed by atoms with Gasteiger partial charge in [-0.1, -0.05) is 6.92 Å². The summed E-state index contributed by atoms with van der Waals surface area (Å²) < 4.78 is 0. The van der Waals surface area contributed by atoms with Crippen molar-refractivity contribution >= 4 is 11.9 Å². The lowest BCUT2D eigenvalue weighted by Gasteiger charge is -2.14. The van der Waals surface area contributed by atoms with Crippen LogP contribution in [-0.2, 0) is 9.59 Å². The molecule has 0 rings (SSSR count). The summed E-state index contributed by atoms with van der Waals surface area (Å²) in [6.07, 6.45) is 0.420. The maximum Gasteiger partial charge on any atom is 0.328 e. The predicted octanol–water partition coefficient (Wildman–Crippen LogP) is -1.71. The van der Waals surface area contributed by atoms with E-state index in [1.54, 1.807) is 6.92 Å². The van der Waals surface area contributed by atoms with Gasteiger partial charge in [0, 0.05) is 0 Å². The van der Waals surface area contributed by atoms with Gasteiger partial charge in [-0.2, -0.15) is 0 Å². The largest absolute Gasteiger partial charge is 0.480 e. The number of aliphatic hydroxyl groups excluding tert-OH is 1. The van der Waals surface area contributed by atoms with Crippen LogP contribution in [0.15, 0.2) is 0 Å². The molecule has 0 aromatic rings. The van der Waals surface area contributed by atoms with Gasteiger partial charge in [0.25, 0.3) is 0 Å². The highest BCUT2D eigenvalue weighted by atomic mass is 16.4. The van der Waals surface area contributed by atoms with Crippen molar-refractivity contribution in [2.75, 3.05) is 6.61 Å². The Hall–Kier alpha value is -1.14. The minimum atomic E-state index is -1.28. The number of carbonyl (C=O) groups excluding carboxylic acids is 1. The quantitative estimate of drug-likeness (QED) is 0.412. The lowest BCUT2D eigenvalue weighted by atomic mass is 10.2. The van der Waals surface area contributed by atoms with E-state index in [9.17, 15) is 9.59 Å². The summed E-state index contributed by atoms with van der Waals surface area (Å²) in [5.74, 6) is -1.84. The first-order chi connectivity index (χ1) is 6.02. The van der Waals surface area contributed by atoms with Crippen LogP contribution < -0.4 is 11.1 Å². The number of aliphatic carboxylic acids is 1. The molecule has 0 fully saturated rings. The fourth-order valence-electron chi connectivity index (χ4n) is 0.650. The highest BCUT2D eigenvalue weighted by Crippen LogP contribution is 1.89. The van der Waals surface area contributed by atoms with Crippen LogP contribution in [0.4, 0.5) is 0 Å². The van der Waals surface area contributed by atoms with Crippen LogP contribution in [0.3, 0.4) is 0 Å². The fourth-order valence-corrected chi connectivity index (χ4v) is 0.650. The summed E-state index contributed by atoms with van der Waals surface area (Å²) in [7, 11) is 0. The molecule has 76 valence electrons. The molecule has 0 aliphatic carbocycles. The maximum absolute atomic E-state index is 11.0.